The second kappa shape index (κ2) is 12.0. The molecule has 3 rings (SSSR count). The summed E-state index contributed by atoms with van der Waals surface area (Å²) in [5.41, 5.74) is 6.52. The van der Waals surface area contributed by atoms with Crippen molar-refractivity contribution in [1.29, 1.82) is 0 Å². The molecular formula is C24H26F2N2O3S. The maximum atomic E-state index is 15.1. The highest BCUT2D eigenvalue weighted by molar-refractivity contribution is 7.98. The van der Waals surface area contributed by atoms with Gasteiger partial charge in [0.2, 0.25) is 0 Å². The Bertz CT molecular complexity index is 1060. The van der Waals surface area contributed by atoms with Gasteiger partial charge < -0.3 is 20.5 Å². The van der Waals surface area contributed by atoms with Crippen molar-refractivity contribution in [2.75, 3.05) is 25.3 Å². The van der Waals surface area contributed by atoms with Crippen molar-refractivity contribution in [2.45, 2.75) is 24.5 Å². The summed E-state index contributed by atoms with van der Waals surface area (Å²) in [6.45, 7) is 4.00. The van der Waals surface area contributed by atoms with E-state index in [2.05, 4.69) is 5.32 Å². The van der Waals surface area contributed by atoms with Crippen molar-refractivity contribution in [3.63, 3.8) is 0 Å². The molecule has 0 fully saturated rings. The van der Waals surface area contributed by atoms with Crippen LogP contribution in [0, 0.1) is 11.6 Å². The van der Waals surface area contributed by atoms with Crippen LogP contribution in [0.25, 0.3) is 0 Å². The van der Waals surface area contributed by atoms with Crippen LogP contribution >= 0.6 is 11.8 Å². The Hall–Kier alpha value is -3.26. The van der Waals surface area contributed by atoms with Gasteiger partial charge in [0.15, 0.2) is 5.82 Å². The Morgan fingerprint density at radius 1 is 1.06 bits per heavy atom. The maximum absolute atomic E-state index is 15.1. The average Bonchev–Trinajstić information content (AvgIpc) is 2.84. The number of hydrogen-bond donors (Lipinski definition) is 2. The third-order valence-corrected chi connectivity index (χ3v) is 5.48. The van der Waals surface area contributed by atoms with E-state index in [1.807, 2.05) is 38.1 Å². The van der Waals surface area contributed by atoms with Gasteiger partial charge >= 0.3 is 5.97 Å². The highest BCUT2D eigenvalue weighted by atomic mass is 32.2. The fourth-order valence-electron chi connectivity index (χ4n) is 2.73. The predicted octanol–water partition coefficient (Wildman–Crippen LogP) is 6.40. The van der Waals surface area contributed by atoms with Crippen molar-refractivity contribution in [2.24, 2.45) is 0 Å². The number of ether oxygens (including phenoxy) is 2. The first-order valence-corrected chi connectivity index (χ1v) is 10.9. The molecule has 0 aliphatic carbocycles. The van der Waals surface area contributed by atoms with Crippen LogP contribution in [0.5, 0.6) is 5.75 Å². The van der Waals surface area contributed by atoms with Crippen LogP contribution in [0.15, 0.2) is 59.5 Å². The highest BCUT2D eigenvalue weighted by Gasteiger charge is 2.23. The quantitative estimate of drug-likeness (QED) is 0.241. The predicted molar refractivity (Wildman–Crippen MR) is 126 cm³/mol. The first kappa shape index (κ1) is 25.0. The molecule has 5 nitrogen and oxygen atoms in total. The molecule has 0 saturated heterocycles. The summed E-state index contributed by atoms with van der Waals surface area (Å²) < 4.78 is 39.0. The highest BCUT2D eigenvalue weighted by Crippen LogP contribution is 2.38. The van der Waals surface area contributed by atoms with Gasteiger partial charge in [-0.2, -0.15) is 0 Å². The molecule has 32 heavy (non-hydrogen) atoms. The number of halogens is 2. The van der Waals surface area contributed by atoms with E-state index < -0.39 is 17.6 Å². The van der Waals surface area contributed by atoms with Gasteiger partial charge in [0.1, 0.15) is 11.6 Å². The van der Waals surface area contributed by atoms with Crippen LogP contribution in [0.1, 0.15) is 29.8 Å². The van der Waals surface area contributed by atoms with Crippen molar-refractivity contribution >= 4 is 34.8 Å². The zero-order valence-electron chi connectivity index (χ0n) is 18.4. The number of methoxy groups -OCH3 is 2. The van der Waals surface area contributed by atoms with E-state index in [0.717, 1.165) is 11.3 Å². The second-order valence-electron chi connectivity index (χ2n) is 6.26. The number of benzene rings is 3. The SMILES string of the molecule is CC.COC(=O)c1cc(SCc2ccc(OC)cc2)c(N)c(F)c1Nc1ccccc1F. The summed E-state index contributed by atoms with van der Waals surface area (Å²) in [6, 6.07) is 14.6. The zero-order valence-corrected chi connectivity index (χ0v) is 19.2. The summed E-state index contributed by atoms with van der Waals surface area (Å²) >= 11 is 1.27. The molecule has 0 bridgehead atoms. The van der Waals surface area contributed by atoms with E-state index >= 15 is 4.39 Å². The van der Waals surface area contributed by atoms with Crippen molar-refractivity contribution in [3.05, 3.63) is 77.4 Å². The molecule has 0 aromatic heterocycles. The summed E-state index contributed by atoms with van der Waals surface area (Å²) in [4.78, 5) is 12.7. The number of thioether (sulfide) groups is 1. The molecular weight excluding hydrogens is 434 g/mol. The third kappa shape index (κ3) is 5.91. The van der Waals surface area contributed by atoms with E-state index in [9.17, 15) is 9.18 Å². The summed E-state index contributed by atoms with van der Waals surface area (Å²) in [7, 11) is 2.77. The number of nitrogens with two attached hydrogens (primary N) is 1. The Labute approximate surface area is 190 Å². The number of nitrogen functional groups attached to an aromatic ring is 1. The van der Waals surface area contributed by atoms with Crippen LogP contribution in [-0.2, 0) is 10.5 Å². The van der Waals surface area contributed by atoms with E-state index in [-0.39, 0.29) is 22.6 Å². The number of rotatable bonds is 7. The minimum atomic E-state index is -0.849. The fraction of sp³-hybridized carbons (Fsp3) is 0.208. The number of nitrogens with one attached hydrogen (secondary N) is 1. The number of hydrogen-bond acceptors (Lipinski definition) is 6. The lowest BCUT2D eigenvalue weighted by Gasteiger charge is -2.16. The summed E-state index contributed by atoms with van der Waals surface area (Å²) in [5, 5.41) is 2.62. The molecule has 0 atom stereocenters. The molecule has 0 saturated carbocycles. The molecule has 0 aliphatic rings. The number of para-hydroxylation sites is 1. The number of anilines is 3. The molecule has 8 heteroatoms. The minimum absolute atomic E-state index is 0.0135. The maximum Gasteiger partial charge on any atom is 0.340 e. The molecule has 0 heterocycles. The summed E-state index contributed by atoms with van der Waals surface area (Å²) in [6.07, 6.45) is 0. The van der Waals surface area contributed by atoms with E-state index in [1.54, 1.807) is 13.2 Å². The molecule has 3 aromatic rings. The average molecular weight is 461 g/mol. The first-order valence-electron chi connectivity index (χ1n) is 9.92. The zero-order chi connectivity index (χ0) is 23.7. The lowest BCUT2D eigenvalue weighted by Crippen LogP contribution is -2.11. The van der Waals surface area contributed by atoms with Gasteiger partial charge in [0.25, 0.3) is 0 Å². The van der Waals surface area contributed by atoms with E-state index in [0.29, 0.717) is 10.6 Å². The molecule has 0 radical (unpaired) electrons. The molecule has 0 aliphatic heterocycles. The van der Waals surface area contributed by atoms with Crippen molar-refractivity contribution in [1.82, 2.24) is 0 Å². The fourth-order valence-corrected chi connectivity index (χ4v) is 3.70. The van der Waals surface area contributed by atoms with Gasteiger partial charge in [-0.3, -0.25) is 0 Å². The van der Waals surface area contributed by atoms with E-state index in [1.165, 1.54) is 43.1 Å². The lowest BCUT2D eigenvalue weighted by molar-refractivity contribution is 0.0601. The Morgan fingerprint density at radius 2 is 1.72 bits per heavy atom. The Morgan fingerprint density at radius 3 is 2.31 bits per heavy atom. The molecule has 0 unspecified atom stereocenters. The van der Waals surface area contributed by atoms with Crippen LogP contribution < -0.4 is 15.8 Å². The molecule has 3 N–H and O–H groups in total. The minimum Gasteiger partial charge on any atom is -0.497 e. The smallest absolute Gasteiger partial charge is 0.340 e. The number of carbonyl (C=O) groups is 1. The standard InChI is InChI=1S/C22H20F2N2O3S.C2H6/c1-28-14-9-7-13(8-10-14)12-30-18-11-15(22(27)29-2)21(19(24)20(18)25)26-17-6-4-3-5-16(17)23;1-2/h3-11,26H,12,25H2,1-2H3;1-2H3. The molecule has 0 spiro atoms. The van der Waals surface area contributed by atoms with Crippen molar-refractivity contribution < 1.29 is 23.0 Å². The monoisotopic (exact) mass is 460 g/mol. The lowest BCUT2D eigenvalue weighted by atomic mass is 10.1. The van der Waals surface area contributed by atoms with Crippen LogP contribution in [0.3, 0.4) is 0 Å². The normalized spacial score (nSPS) is 10.1. The topological polar surface area (TPSA) is 73.6 Å². The van der Waals surface area contributed by atoms with Gasteiger partial charge in [-0.1, -0.05) is 38.1 Å². The molecule has 170 valence electrons. The third-order valence-electron chi connectivity index (χ3n) is 4.36. The van der Waals surface area contributed by atoms with Gasteiger partial charge in [-0.25, -0.2) is 13.6 Å². The molecule has 3 aromatic carbocycles. The largest absolute Gasteiger partial charge is 0.497 e. The van der Waals surface area contributed by atoms with Crippen LogP contribution in [0.2, 0.25) is 0 Å². The van der Waals surface area contributed by atoms with Gasteiger partial charge in [-0.05, 0) is 35.9 Å². The first-order chi connectivity index (χ1) is 15.4. The van der Waals surface area contributed by atoms with Crippen LogP contribution in [0.4, 0.5) is 25.8 Å². The van der Waals surface area contributed by atoms with Crippen LogP contribution in [-0.4, -0.2) is 20.2 Å². The van der Waals surface area contributed by atoms with Gasteiger partial charge in [0.05, 0.1) is 36.8 Å². The number of esters is 1. The van der Waals surface area contributed by atoms with E-state index in [4.69, 9.17) is 15.2 Å². The summed E-state index contributed by atoms with van der Waals surface area (Å²) in [5.74, 6) is -0.985. The second-order valence-corrected chi connectivity index (χ2v) is 7.28. The van der Waals surface area contributed by atoms with Gasteiger partial charge in [0, 0.05) is 10.6 Å². The van der Waals surface area contributed by atoms with Gasteiger partial charge in [-0.15, -0.1) is 11.8 Å². The Kier molecular flexibility index (Phi) is 9.34. The number of carbonyl (C=O) groups excluding carboxylic acids is 1. The molecule has 0 amide bonds. The Balaban J connectivity index is 0.00000176. The van der Waals surface area contributed by atoms with Crippen molar-refractivity contribution in [3.8, 4) is 5.75 Å².